The van der Waals surface area contributed by atoms with Gasteiger partial charge in [-0.2, -0.15) is 12.6 Å². The molecule has 0 radical (unpaired) electrons. The fourth-order valence-electron chi connectivity index (χ4n) is 0.798. The van der Waals surface area contributed by atoms with Crippen molar-refractivity contribution in [2.24, 2.45) is 0 Å². The number of rotatable bonds is 1. The van der Waals surface area contributed by atoms with Gasteiger partial charge in [0.1, 0.15) is 0 Å². The minimum atomic E-state index is -0.321. The summed E-state index contributed by atoms with van der Waals surface area (Å²) in [4.78, 5) is 0.630. The molecule has 4 heteroatoms. The average Bonchev–Trinajstić information content (AvgIpc) is 2.10. The van der Waals surface area contributed by atoms with Crippen LogP contribution >= 0.6 is 12.6 Å². The van der Waals surface area contributed by atoms with Gasteiger partial charge in [-0.3, -0.25) is 0 Å². The zero-order valence-corrected chi connectivity index (χ0v) is 7.15. The first-order chi connectivity index (χ1) is 4.51. The van der Waals surface area contributed by atoms with E-state index in [4.69, 9.17) is 9.31 Å². The number of hydrogen-bond acceptors (Lipinski definition) is 3. The highest BCUT2D eigenvalue weighted by Crippen LogP contribution is 2.23. The third-order valence-electron chi connectivity index (χ3n) is 1.28. The van der Waals surface area contributed by atoms with E-state index in [0.717, 1.165) is 0 Å². The first kappa shape index (κ1) is 8.17. The molecule has 0 aromatic heterocycles. The van der Waals surface area contributed by atoms with Crippen LogP contribution in [0, 0.1) is 0 Å². The van der Waals surface area contributed by atoms with E-state index < -0.39 is 0 Å². The van der Waals surface area contributed by atoms with Crippen LogP contribution in [-0.2, 0) is 9.31 Å². The van der Waals surface area contributed by atoms with Gasteiger partial charge in [0.2, 0.25) is 0 Å². The van der Waals surface area contributed by atoms with E-state index >= 15 is 0 Å². The molecule has 0 unspecified atom stereocenters. The zero-order valence-electron chi connectivity index (χ0n) is 6.26. The van der Waals surface area contributed by atoms with Crippen molar-refractivity contribution >= 4 is 19.7 Å². The van der Waals surface area contributed by atoms with Gasteiger partial charge in [-0.15, -0.1) is 0 Å². The maximum absolute atomic E-state index is 5.41. The molecule has 0 bridgehead atoms. The van der Waals surface area contributed by atoms with Crippen LogP contribution in [0.3, 0.4) is 0 Å². The molecule has 2 nitrogen and oxygen atoms in total. The second-order valence-corrected chi connectivity index (χ2v) is 3.59. The second-order valence-electron chi connectivity index (χ2n) is 3.01. The molecule has 0 aromatic rings. The second kappa shape index (κ2) is 2.60. The largest absolute Gasteiger partial charge is 0.500 e. The Morgan fingerprint density at radius 1 is 1.70 bits per heavy atom. The van der Waals surface area contributed by atoms with Crippen LogP contribution in [0.1, 0.15) is 13.8 Å². The standard InChI is InChI=1S/C6H11BO2S/c1-5(10)7-8-4-6(2,3)9-7/h10H,1,4H2,2-3H3. The Morgan fingerprint density at radius 2 is 2.30 bits per heavy atom. The summed E-state index contributed by atoms with van der Waals surface area (Å²) in [5.74, 6) is 0. The summed E-state index contributed by atoms with van der Waals surface area (Å²) < 4.78 is 10.6. The van der Waals surface area contributed by atoms with Crippen LogP contribution in [-0.4, -0.2) is 19.3 Å². The van der Waals surface area contributed by atoms with Crippen molar-refractivity contribution in [3.8, 4) is 0 Å². The molecule has 0 amide bonds. The van der Waals surface area contributed by atoms with Gasteiger partial charge in [-0.05, 0) is 13.8 Å². The molecule has 1 saturated heterocycles. The van der Waals surface area contributed by atoms with Crippen LogP contribution in [0.4, 0.5) is 0 Å². The van der Waals surface area contributed by atoms with Crippen LogP contribution in [0.25, 0.3) is 0 Å². The first-order valence-corrected chi connectivity index (χ1v) is 3.63. The molecule has 0 aromatic carbocycles. The molecule has 0 N–H and O–H groups in total. The van der Waals surface area contributed by atoms with Gasteiger partial charge in [0, 0.05) is 4.80 Å². The Morgan fingerprint density at radius 3 is 2.50 bits per heavy atom. The van der Waals surface area contributed by atoms with E-state index in [9.17, 15) is 0 Å². The Bertz CT molecular complexity index is 158. The lowest BCUT2D eigenvalue weighted by molar-refractivity contribution is 0.137. The van der Waals surface area contributed by atoms with Crippen LogP contribution < -0.4 is 0 Å². The van der Waals surface area contributed by atoms with Gasteiger partial charge in [0.25, 0.3) is 0 Å². The predicted octanol–water partition coefficient (Wildman–Crippen LogP) is 1.28. The molecular weight excluding hydrogens is 147 g/mol. The van der Waals surface area contributed by atoms with Crippen molar-refractivity contribution in [3.05, 3.63) is 11.4 Å². The van der Waals surface area contributed by atoms with Crippen molar-refractivity contribution < 1.29 is 9.31 Å². The van der Waals surface area contributed by atoms with Gasteiger partial charge < -0.3 is 9.31 Å². The van der Waals surface area contributed by atoms with Crippen LogP contribution in [0.15, 0.2) is 11.4 Å². The molecule has 1 aliphatic rings. The number of thiol groups is 1. The summed E-state index contributed by atoms with van der Waals surface area (Å²) in [6.07, 6.45) is 0. The molecule has 1 fully saturated rings. The fraction of sp³-hybridized carbons (Fsp3) is 0.667. The maximum Gasteiger partial charge on any atom is 0.500 e. The molecule has 0 spiro atoms. The van der Waals surface area contributed by atoms with Gasteiger partial charge in [-0.1, -0.05) is 6.58 Å². The summed E-state index contributed by atoms with van der Waals surface area (Å²) in [6.45, 7) is 8.18. The van der Waals surface area contributed by atoms with E-state index in [1.165, 1.54) is 0 Å². The van der Waals surface area contributed by atoms with E-state index in [1.54, 1.807) is 0 Å². The van der Waals surface area contributed by atoms with Gasteiger partial charge >= 0.3 is 7.12 Å². The number of hydrogen-bond donors (Lipinski definition) is 1. The van der Waals surface area contributed by atoms with E-state index in [2.05, 4.69) is 19.2 Å². The van der Waals surface area contributed by atoms with E-state index in [-0.39, 0.29) is 12.7 Å². The van der Waals surface area contributed by atoms with Crippen molar-refractivity contribution in [2.75, 3.05) is 6.61 Å². The lowest BCUT2D eigenvalue weighted by Crippen LogP contribution is -2.24. The average molecular weight is 158 g/mol. The van der Waals surface area contributed by atoms with Gasteiger partial charge in [0.05, 0.1) is 12.2 Å². The summed E-state index contributed by atoms with van der Waals surface area (Å²) in [7, 11) is -0.321. The molecule has 0 aliphatic carbocycles. The Kier molecular flexibility index (Phi) is 2.13. The van der Waals surface area contributed by atoms with Crippen molar-refractivity contribution in [1.82, 2.24) is 0 Å². The molecule has 56 valence electrons. The Labute approximate surface area is 67.1 Å². The summed E-state index contributed by atoms with van der Waals surface area (Å²) in [5, 5.41) is 0. The van der Waals surface area contributed by atoms with Gasteiger partial charge in [-0.25, -0.2) is 0 Å². The SMILES string of the molecule is C=C(S)B1OCC(C)(C)O1. The summed E-state index contributed by atoms with van der Waals surface area (Å²) in [5.41, 5.74) is -0.184. The lowest BCUT2D eigenvalue weighted by atomic mass is 9.91. The van der Waals surface area contributed by atoms with Gasteiger partial charge in [0.15, 0.2) is 0 Å². The third-order valence-corrected chi connectivity index (χ3v) is 1.49. The smallest absolute Gasteiger partial charge is 0.404 e. The van der Waals surface area contributed by atoms with Crippen molar-refractivity contribution in [2.45, 2.75) is 19.4 Å². The normalized spacial score (nSPS) is 23.3. The van der Waals surface area contributed by atoms with Crippen molar-refractivity contribution in [1.29, 1.82) is 0 Å². The molecule has 1 aliphatic heterocycles. The molecule has 10 heavy (non-hydrogen) atoms. The predicted molar refractivity (Wildman–Crippen MR) is 45.0 cm³/mol. The highest BCUT2D eigenvalue weighted by molar-refractivity contribution is 7.86. The highest BCUT2D eigenvalue weighted by Gasteiger charge is 2.37. The quantitative estimate of drug-likeness (QED) is 0.457. The van der Waals surface area contributed by atoms with Crippen LogP contribution in [0.5, 0.6) is 0 Å². The fourth-order valence-corrected chi connectivity index (χ4v) is 0.926. The van der Waals surface area contributed by atoms with E-state index in [1.807, 2.05) is 13.8 Å². The minimum absolute atomic E-state index is 0.184. The van der Waals surface area contributed by atoms with E-state index in [0.29, 0.717) is 11.4 Å². The summed E-state index contributed by atoms with van der Waals surface area (Å²) >= 11 is 4.03. The zero-order chi connectivity index (χ0) is 7.78. The molecule has 1 heterocycles. The van der Waals surface area contributed by atoms with Crippen LogP contribution in [0.2, 0.25) is 0 Å². The first-order valence-electron chi connectivity index (χ1n) is 3.18. The minimum Gasteiger partial charge on any atom is -0.404 e. The molecule has 0 saturated carbocycles. The molecule has 0 atom stereocenters. The third kappa shape index (κ3) is 1.78. The summed E-state index contributed by atoms with van der Waals surface area (Å²) in [6, 6.07) is 0. The maximum atomic E-state index is 5.41. The Balaban J connectivity index is 2.51. The highest BCUT2D eigenvalue weighted by atomic mass is 32.1. The molecular formula is C6H11BO2S. The topological polar surface area (TPSA) is 18.5 Å². The Hall–Kier alpha value is 0.0749. The lowest BCUT2D eigenvalue weighted by Gasteiger charge is -2.14. The van der Waals surface area contributed by atoms with Crippen molar-refractivity contribution in [3.63, 3.8) is 0 Å². The molecule has 1 rings (SSSR count). The monoisotopic (exact) mass is 158 g/mol.